The molecule has 0 aliphatic carbocycles. The Morgan fingerprint density at radius 1 is 0.976 bits per heavy atom. The van der Waals surface area contributed by atoms with Crippen molar-refractivity contribution in [3.05, 3.63) is 83.9 Å². The number of nitrogens with two attached hydrogens (primary N) is 1. The van der Waals surface area contributed by atoms with E-state index in [0.717, 1.165) is 10.5 Å². The Labute approximate surface area is 240 Å². The van der Waals surface area contributed by atoms with Gasteiger partial charge in [-0.05, 0) is 51.1 Å². The third kappa shape index (κ3) is 5.89. The number of amides is 4. The lowest BCUT2D eigenvalue weighted by atomic mass is 9.84. The Morgan fingerprint density at radius 3 is 2.24 bits per heavy atom. The van der Waals surface area contributed by atoms with Gasteiger partial charge in [0.15, 0.2) is 11.8 Å². The van der Waals surface area contributed by atoms with Crippen LogP contribution in [0, 0.1) is 6.92 Å². The SMILES string of the molecule is CCOC(CN1C(=O)C(CC(=O)Nc2ccc(C)cc2)(N(C(N)=O)c2ccccc2OC)c2ccccc21)OCC. The van der Waals surface area contributed by atoms with Gasteiger partial charge in [0, 0.05) is 24.5 Å². The van der Waals surface area contributed by atoms with Gasteiger partial charge in [0.05, 0.1) is 31.5 Å². The molecular formula is C31H36N4O6. The highest BCUT2D eigenvalue weighted by Gasteiger charge is 2.58. The molecule has 216 valence electrons. The van der Waals surface area contributed by atoms with Crippen molar-refractivity contribution >= 4 is 34.9 Å². The number of ether oxygens (including phenoxy) is 3. The molecule has 0 fully saturated rings. The van der Waals surface area contributed by atoms with Gasteiger partial charge in [-0.1, -0.05) is 48.0 Å². The number of nitrogens with one attached hydrogen (secondary N) is 1. The van der Waals surface area contributed by atoms with Crippen LogP contribution in [0.1, 0.15) is 31.4 Å². The molecule has 1 aliphatic rings. The number of hydrogen-bond donors (Lipinski definition) is 2. The Hall–Kier alpha value is -4.41. The Morgan fingerprint density at radius 2 is 1.61 bits per heavy atom. The number of hydrogen-bond acceptors (Lipinski definition) is 6. The molecule has 10 heteroatoms. The van der Waals surface area contributed by atoms with Crippen LogP contribution in [0.15, 0.2) is 72.8 Å². The summed E-state index contributed by atoms with van der Waals surface area (Å²) in [5, 5.41) is 2.87. The van der Waals surface area contributed by atoms with Gasteiger partial charge in [0.25, 0.3) is 5.91 Å². The van der Waals surface area contributed by atoms with Crippen LogP contribution in [-0.4, -0.2) is 51.0 Å². The summed E-state index contributed by atoms with van der Waals surface area (Å²) in [4.78, 5) is 44.5. The lowest BCUT2D eigenvalue weighted by Crippen LogP contribution is -2.59. The van der Waals surface area contributed by atoms with Crippen LogP contribution in [0.2, 0.25) is 0 Å². The molecule has 4 amide bonds. The number of fused-ring (bicyclic) bond motifs is 1. The van der Waals surface area contributed by atoms with Gasteiger partial charge in [-0.15, -0.1) is 0 Å². The van der Waals surface area contributed by atoms with E-state index in [9.17, 15) is 14.4 Å². The van der Waals surface area contributed by atoms with Crippen LogP contribution in [0.5, 0.6) is 5.75 Å². The van der Waals surface area contributed by atoms with Gasteiger partial charge in [-0.3, -0.25) is 14.5 Å². The largest absolute Gasteiger partial charge is 0.495 e. The number of urea groups is 1. The number of carbonyl (C=O) groups is 3. The third-order valence-corrected chi connectivity index (χ3v) is 6.96. The third-order valence-electron chi connectivity index (χ3n) is 6.96. The van der Waals surface area contributed by atoms with E-state index in [1.54, 1.807) is 60.7 Å². The van der Waals surface area contributed by atoms with E-state index in [2.05, 4.69) is 5.32 Å². The highest BCUT2D eigenvalue weighted by Crippen LogP contribution is 2.49. The smallest absolute Gasteiger partial charge is 0.320 e. The van der Waals surface area contributed by atoms with E-state index in [1.165, 1.54) is 12.0 Å². The number of nitrogens with zero attached hydrogens (tertiary/aromatic N) is 2. The second kappa shape index (κ2) is 12.8. The van der Waals surface area contributed by atoms with Gasteiger partial charge in [-0.2, -0.15) is 0 Å². The molecule has 0 saturated heterocycles. The maximum atomic E-state index is 14.7. The van der Waals surface area contributed by atoms with Crippen LogP contribution in [0.3, 0.4) is 0 Å². The number of aryl methyl sites for hydroxylation is 1. The van der Waals surface area contributed by atoms with E-state index in [-0.39, 0.29) is 12.2 Å². The summed E-state index contributed by atoms with van der Waals surface area (Å²) in [5.74, 6) is -0.687. The number of rotatable bonds is 12. The zero-order valence-electron chi connectivity index (χ0n) is 23.8. The van der Waals surface area contributed by atoms with Crippen molar-refractivity contribution in [2.75, 3.05) is 42.0 Å². The summed E-state index contributed by atoms with van der Waals surface area (Å²) in [6, 6.07) is 20.1. The van der Waals surface area contributed by atoms with Gasteiger partial charge < -0.3 is 30.2 Å². The van der Waals surface area contributed by atoms with Gasteiger partial charge in [0.2, 0.25) is 5.91 Å². The zero-order valence-corrected chi connectivity index (χ0v) is 23.8. The molecule has 0 radical (unpaired) electrons. The van der Waals surface area contributed by atoms with Crippen molar-refractivity contribution in [1.29, 1.82) is 0 Å². The standard InChI is InChI=1S/C31H36N4O6/c1-5-40-28(41-6-2)20-34-24-12-8-7-11-23(24)31(29(34)37,19-27(36)33-22-17-15-21(3)16-18-22)35(30(32)38)25-13-9-10-14-26(25)39-4/h7-18,28H,5-6,19-20H2,1-4H3,(H2,32,38)(H,33,36). The van der Waals surface area contributed by atoms with Crippen molar-refractivity contribution in [2.45, 2.75) is 39.0 Å². The fourth-order valence-electron chi connectivity index (χ4n) is 5.23. The number of benzene rings is 3. The molecular weight excluding hydrogens is 524 g/mol. The molecule has 3 N–H and O–H groups in total. The molecule has 1 heterocycles. The first-order valence-electron chi connectivity index (χ1n) is 13.5. The van der Waals surface area contributed by atoms with Crippen molar-refractivity contribution in [3.8, 4) is 5.75 Å². The molecule has 0 aromatic heterocycles. The molecule has 1 aliphatic heterocycles. The van der Waals surface area contributed by atoms with Crippen LogP contribution < -0.4 is 25.6 Å². The topological polar surface area (TPSA) is 123 Å². The molecule has 0 bridgehead atoms. The first-order valence-corrected chi connectivity index (χ1v) is 13.5. The lowest BCUT2D eigenvalue weighted by Gasteiger charge is -2.39. The molecule has 3 aromatic rings. The Kier molecular flexibility index (Phi) is 9.26. The van der Waals surface area contributed by atoms with Crippen LogP contribution in [-0.2, 0) is 24.6 Å². The first kappa shape index (κ1) is 29.6. The summed E-state index contributed by atoms with van der Waals surface area (Å²) >= 11 is 0. The number of primary amides is 1. The van der Waals surface area contributed by atoms with Crippen molar-refractivity contribution in [1.82, 2.24) is 0 Å². The number of carbonyl (C=O) groups excluding carboxylic acids is 3. The summed E-state index contributed by atoms with van der Waals surface area (Å²) < 4.78 is 17.1. The second-order valence-corrected chi connectivity index (χ2v) is 9.57. The summed E-state index contributed by atoms with van der Waals surface area (Å²) in [5.41, 5.74) is 7.01. The van der Waals surface area contributed by atoms with Crippen LogP contribution in [0.25, 0.3) is 0 Å². The molecule has 1 unspecified atom stereocenters. The molecule has 0 spiro atoms. The Bertz CT molecular complexity index is 1390. The molecule has 4 rings (SSSR count). The second-order valence-electron chi connectivity index (χ2n) is 9.57. The highest BCUT2D eigenvalue weighted by molar-refractivity contribution is 6.16. The summed E-state index contributed by atoms with van der Waals surface area (Å²) in [6.45, 7) is 6.39. The number of para-hydroxylation sites is 3. The maximum absolute atomic E-state index is 14.7. The van der Waals surface area contributed by atoms with Gasteiger partial charge in [0.1, 0.15) is 5.75 Å². The predicted octanol–water partition coefficient (Wildman–Crippen LogP) is 4.56. The lowest BCUT2D eigenvalue weighted by molar-refractivity contribution is -0.137. The summed E-state index contributed by atoms with van der Waals surface area (Å²) in [6.07, 6.45) is -1.14. The first-order chi connectivity index (χ1) is 19.8. The molecule has 1 atom stereocenters. The number of anilines is 3. The maximum Gasteiger partial charge on any atom is 0.320 e. The molecule has 10 nitrogen and oxygen atoms in total. The van der Waals surface area contributed by atoms with Crippen LogP contribution >= 0.6 is 0 Å². The van der Waals surface area contributed by atoms with Crippen molar-refractivity contribution < 1.29 is 28.6 Å². The van der Waals surface area contributed by atoms with E-state index in [0.29, 0.717) is 35.9 Å². The minimum absolute atomic E-state index is 0.0391. The monoisotopic (exact) mass is 560 g/mol. The van der Waals surface area contributed by atoms with Crippen LogP contribution in [0.4, 0.5) is 21.9 Å². The van der Waals surface area contributed by atoms with E-state index < -0.39 is 36.1 Å². The Balaban J connectivity index is 1.89. The highest BCUT2D eigenvalue weighted by atomic mass is 16.7. The fourth-order valence-corrected chi connectivity index (χ4v) is 5.23. The minimum atomic E-state index is -1.84. The average molecular weight is 561 g/mol. The van der Waals surface area contributed by atoms with Gasteiger partial charge in [-0.25, -0.2) is 4.79 Å². The van der Waals surface area contributed by atoms with E-state index >= 15 is 0 Å². The zero-order chi connectivity index (χ0) is 29.6. The van der Waals surface area contributed by atoms with E-state index in [4.69, 9.17) is 19.9 Å². The van der Waals surface area contributed by atoms with E-state index in [1.807, 2.05) is 32.9 Å². The van der Waals surface area contributed by atoms with Crippen molar-refractivity contribution in [2.24, 2.45) is 5.73 Å². The normalized spacial score (nSPS) is 16.0. The van der Waals surface area contributed by atoms with Gasteiger partial charge >= 0.3 is 6.03 Å². The average Bonchev–Trinajstić information content (AvgIpc) is 3.18. The molecule has 0 saturated carbocycles. The fraction of sp³-hybridized carbons (Fsp3) is 0.323. The minimum Gasteiger partial charge on any atom is -0.495 e. The summed E-state index contributed by atoms with van der Waals surface area (Å²) in [7, 11) is 1.46. The van der Waals surface area contributed by atoms with Crippen molar-refractivity contribution in [3.63, 3.8) is 0 Å². The quantitative estimate of drug-likeness (QED) is 0.313. The number of methoxy groups -OCH3 is 1. The predicted molar refractivity (Wildman–Crippen MR) is 157 cm³/mol. The molecule has 41 heavy (non-hydrogen) atoms. The molecule has 3 aromatic carbocycles.